The number of nitrogens with zero attached hydrogens (tertiary/aromatic N) is 4. The van der Waals surface area contributed by atoms with Crippen molar-refractivity contribution in [3.05, 3.63) is 294 Å². The molecule has 8 nitrogen and oxygen atoms in total. The van der Waals surface area contributed by atoms with E-state index in [9.17, 15) is 0 Å². The molecule has 2 radical (unpaired) electrons. The second-order valence-corrected chi connectivity index (χ2v) is 29.5. The summed E-state index contributed by atoms with van der Waals surface area (Å²) < 4.78 is 105. The zero-order valence-electron chi connectivity index (χ0n) is 73.6. The number of benzene rings is 9. The maximum Gasteiger partial charge on any atom is 0.224 e. The van der Waals surface area contributed by atoms with Gasteiger partial charge in [-0.3, -0.25) is 4.98 Å². The number of aliphatic hydroxyl groups excluding tert-OH is 2. The Kier molecular flexibility index (Phi) is 21.7. The molecule has 1 aliphatic carbocycles. The summed E-state index contributed by atoms with van der Waals surface area (Å²) in [7, 11) is 2.00. The maximum absolute atomic E-state index is 8.87. The first-order valence-corrected chi connectivity index (χ1v) is 34.8. The standard InChI is InChI=1S/2C31H26NO.2C16H18N.2CH4O.2Ir/c2*1-19-18-32-26(16-22(19)17-31(2,3)4)24-10-7-11-25-29-27(33-30(24)25)15-14-21-13-12-20-8-5-6-9-23(20)28(21)29;2*1-16(2,3)11-13-9-10-15(17-12-13)14-7-5-4-6-8-14;2*1-2;;/h5-9,11-16,18H,17H2,1-4H3;5-13,15-16,18H,17H2,1-4H3;2*4-7,9-10,12H,11H2,1-3H3;2*2H,1H3;;/q-1;+1;2*-1;;;;/i1D3,17D2;17D2;2*11D2;;;;. The van der Waals surface area contributed by atoms with Crippen molar-refractivity contribution in [1.82, 2.24) is 19.9 Å². The van der Waals surface area contributed by atoms with Crippen LogP contribution in [-0.2, 0) is 65.7 Å². The number of aryl methyl sites for hydroxylation is 2. The summed E-state index contributed by atoms with van der Waals surface area (Å²) >= 11 is 0. The summed E-state index contributed by atoms with van der Waals surface area (Å²) in [4.78, 5) is 17.9. The third-order valence-corrected chi connectivity index (χ3v) is 16.7. The Labute approximate surface area is 669 Å². The Morgan fingerprint density at radius 1 is 0.425 bits per heavy atom. The first kappa shape index (κ1) is 66.0. The van der Waals surface area contributed by atoms with Crippen molar-refractivity contribution in [1.29, 1.82) is 0 Å². The van der Waals surface area contributed by atoms with Crippen molar-refractivity contribution >= 4 is 71.3 Å². The normalized spacial score (nSPS) is 13.8. The molecule has 0 unspecified atom stereocenters. The first-order chi connectivity index (χ1) is 54.2. The first-order valence-electron chi connectivity index (χ1n) is 40.3. The summed E-state index contributed by atoms with van der Waals surface area (Å²) in [5.74, 6) is 0.786. The predicted molar refractivity (Wildman–Crippen MR) is 435 cm³/mol. The average molecular weight is 1770 g/mol. The average Bonchev–Trinajstić information content (AvgIpc) is 1.59. The molecule has 0 saturated heterocycles. The van der Waals surface area contributed by atoms with Gasteiger partial charge in [-0.15, -0.1) is 90.0 Å². The molecular formula is C96H96Ir2N4O4-2. The summed E-state index contributed by atoms with van der Waals surface area (Å²) in [6.45, 7) is 21.9. The van der Waals surface area contributed by atoms with Crippen LogP contribution in [0.1, 0.15) is 143 Å². The van der Waals surface area contributed by atoms with E-state index in [-0.39, 0.29) is 51.3 Å². The van der Waals surface area contributed by atoms with Gasteiger partial charge < -0.3 is 34.0 Å². The van der Waals surface area contributed by atoms with Crippen LogP contribution in [0.15, 0.2) is 234 Å². The minimum Gasteiger partial charge on any atom is -0.501 e. The molecule has 6 heterocycles. The van der Waals surface area contributed by atoms with Gasteiger partial charge in [-0.25, -0.2) is 0 Å². The van der Waals surface area contributed by atoms with Gasteiger partial charge in [-0.2, -0.15) is 0 Å². The fourth-order valence-electron chi connectivity index (χ4n) is 12.6. The smallest absolute Gasteiger partial charge is 0.224 e. The van der Waals surface area contributed by atoms with Crippen molar-refractivity contribution in [3.8, 4) is 56.2 Å². The second kappa shape index (κ2) is 34.9. The molecule has 544 valence electrons. The van der Waals surface area contributed by atoms with Gasteiger partial charge in [-0.05, 0) is 164 Å². The Balaban J connectivity index is 0.000000182. The Morgan fingerprint density at radius 2 is 0.934 bits per heavy atom. The number of hydrogen-bond donors (Lipinski definition) is 2. The van der Waals surface area contributed by atoms with Crippen LogP contribution in [0.5, 0.6) is 0 Å². The fraction of sp³-hybridized carbons (Fsp3) is 0.250. The van der Waals surface area contributed by atoms with Gasteiger partial charge in [0.2, 0.25) is 5.76 Å². The van der Waals surface area contributed by atoms with Gasteiger partial charge in [0.25, 0.3) is 0 Å². The SMILES string of the molecule is CO.CO.[2H]C([2H])([2H])c1cnc(-c2[c-]ccc3c2oc2ccc4ccc5ccccc5c4c23)cc1C([2H])([2H])C(C)(C)C.[2H]C([2H])(c1cc(-c2cccc3c4c(oc23)C=[C+]c2ccc3ccccc3c2-4)ncc1C)C(C)(C)C.[2H]C([2H])(c1ccc(-c2[c-]cccc2)nc1)C(C)(C)C.[2H]C([2H])(c1ccc(-c2[c-]cccc2)nc1)C(C)(C)C.[Ir].[Ir]. The number of pyridine rings is 4. The molecule has 0 atom stereocenters. The van der Waals surface area contributed by atoms with Gasteiger partial charge in [0, 0.05) is 128 Å². The molecule has 0 saturated carbocycles. The van der Waals surface area contributed by atoms with Gasteiger partial charge in [0.05, 0.1) is 22.2 Å². The van der Waals surface area contributed by atoms with E-state index in [0.29, 0.717) is 39.2 Å². The number of hydrogen-bond acceptors (Lipinski definition) is 8. The van der Waals surface area contributed by atoms with E-state index >= 15 is 0 Å². The maximum atomic E-state index is 8.87. The second-order valence-electron chi connectivity index (χ2n) is 29.5. The molecule has 10 heteroatoms. The molecule has 106 heavy (non-hydrogen) atoms. The summed E-state index contributed by atoms with van der Waals surface area (Å²) in [5, 5.41) is 23.8. The molecule has 6 aromatic heterocycles. The van der Waals surface area contributed by atoms with Crippen LogP contribution in [0.3, 0.4) is 0 Å². The molecule has 0 bridgehead atoms. The van der Waals surface area contributed by atoms with Crippen molar-refractivity contribution in [3.63, 3.8) is 0 Å². The third kappa shape index (κ3) is 19.4. The molecule has 15 aromatic rings. The molecule has 16 rings (SSSR count). The molecule has 0 aliphatic heterocycles. The van der Waals surface area contributed by atoms with E-state index in [2.05, 4.69) is 112 Å². The van der Waals surface area contributed by atoms with Crippen LogP contribution in [-0.4, -0.2) is 44.4 Å². The molecule has 0 spiro atoms. The van der Waals surface area contributed by atoms with E-state index in [4.69, 9.17) is 39.1 Å². The zero-order valence-corrected chi connectivity index (χ0v) is 67.4. The van der Waals surface area contributed by atoms with E-state index < -0.39 is 54.0 Å². The van der Waals surface area contributed by atoms with E-state index in [1.165, 1.54) is 17.0 Å². The van der Waals surface area contributed by atoms with Crippen LogP contribution in [0, 0.1) is 59.7 Å². The molecular weight excluding hydrogens is 1660 g/mol. The van der Waals surface area contributed by atoms with E-state index in [1.807, 2.05) is 197 Å². The minimum atomic E-state index is -2.51. The van der Waals surface area contributed by atoms with Crippen LogP contribution in [0.2, 0.25) is 0 Å². The van der Waals surface area contributed by atoms with E-state index in [0.717, 1.165) is 119 Å². The van der Waals surface area contributed by atoms with E-state index in [1.54, 1.807) is 45.4 Å². The molecule has 2 N–H and O–H groups in total. The molecule has 0 amide bonds. The third-order valence-electron chi connectivity index (χ3n) is 16.7. The molecule has 0 fully saturated rings. The minimum absolute atomic E-state index is 0. The summed E-state index contributed by atoms with van der Waals surface area (Å²) in [6.07, 6.45) is 5.37. The monoisotopic (exact) mass is 1770 g/mol. The van der Waals surface area contributed by atoms with Crippen LogP contribution >= 0.6 is 0 Å². The number of rotatable bonds is 8. The number of fused-ring (bicyclic) bond motifs is 14. The van der Waals surface area contributed by atoms with Crippen LogP contribution in [0.4, 0.5) is 0 Å². The van der Waals surface area contributed by atoms with Gasteiger partial charge >= 0.3 is 0 Å². The number of aromatic nitrogens is 4. The van der Waals surface area contributed by atoms with Crippen molar-refractivity contribution in [2.45, 2.75) is 122 Å². The van der Waals surface area contributed by atoms with Crippen LogP contribution in [0.25, 0.3) is 127 Å². The number of para-hydroxylation sites is 1. The van der Waals surface area contributed by atoms with Crippen molar-refractivity contribution in [2.24, 2.45) is 21.7 Å². The Hall–Kier alpha value is -9.43. The van der Waals surface area contributed by atoms with Crippen molar-refractivity contribution in [2.75, 3.05) is 14.2 Å². The largest absolute Gasteiger partial charge is 0.501 e. The fourth-order valence-corrected chi connectivity index (χ4v) is 12.6. The molecule has 9 aromatic carbocycles. The van der Waals surface area contributed by atoms with Crippen LogP contribution < -0.4 is 0 Å². The summed E-state index contributed by atoms with van der Waals surface area (Å²) in [6, 6.07) is 74.6. The van der Waals surface area contributed by atoms with Gasteiger partial charge in [0.15, 0.2) is 11.1 Å². The van der Waals surface area contributed by atoms with Gasteiger partial charge in [0.1, 0.15) is 17.2 Å². The number of furan rings is 2. The number of aliphatic hydroxyl groups is 2. The predicted octanol–water partition coefficient (Wildman–Crippen LogP) is 24.5. The topological polar surface area (TPSA) is 118 Å². The van der Waals surface area contributed by atoms with Crippen molar-refractivity contribution < 1.29 is 74.3 Å². The quantitative estimate of drug-likeness (QED) is 0.114. The molecule has 1 aliphatic rings. The van der Waals surface area contributed by atoms with Gasteiger partial charge in [-0.1, -0.05) is 197 Å². The zero-order chi connectivity index (χ0) is 83.8. The Morgan fingerprint density at radius 3 is 1.51 bits per heavy atom. The summed E-state index contributed by atoms with van der Waals surface area (Å²) in [5.41, 5.74) is 11.8. The Bertz CT molecular complexity index is 5920.